The molecule has 3 unspecified atom stereocenters. The summed E-state index contributed by atoms with van der Waals surface area (Å²) in [7, 11) is 0. The Labute approximate surface area is 198 Å². The molecule has 0 spiro atoms. The molecule has 1 N–H and O–H groups in total. The highest BCUT2D eigenvalue weighted by molar-refractivity contribution is 5.96. The van der Waals surface area contributed by atoms with Crippen LogP contribution in [0.25, 0.3) is 0 Å². The lowest BCUT2D eigenvalue weighted by atomic mass is 9.49. The number of hydrogen-bond acceptors (Lipinski definition) is 5. The van der Waals surface area contributed by atoms with E-state index < -0.39 is 6.10 Å². The van der Waals surface area contributed by atoms with Gasteiger partial charge in [0.2, 0.25) is 5.91 Å². The molecule has 2 fully saturated rings. The van der Waals surface area contributed by atoms with Crippen molar-refractivity contribution in [3.8, 4) is 0 Å². The second kappa shape index (κ2) is 9.49. The third-order valence-electron chi connectivity index (χ3n) is 8.64. The molecule has 1 aromatic rings. The van der Waals surface area contributed by atoms with Gasteiger partial charge in [-0.25, -0.2) is 0 Å². The summed E-state index contributed by atoms with van der Waals surface area (Å²) in [6.07, 6.45) is 5.35. The first-order valence-electron chi connectivity index (χ1n) is 12.7. The average molecular weight is 454 g/mol. The lowest BCUT2D eigenvalue weighted by molar-refractivity contribution is -0.120. The number of aliphatic hydroxyl groups excluding tert-OH is 1. The third-order valence-corrected chi connectivity index (χ3v) is 8.64. The number of fused-ring (bicyclic) bond motifs is 2. The Balaban J connectivity index is 0.998. The molecular formula is C27H39N3O3. The Bertz CT molecular complexity index is 890. The molecule has 2 aliphatic heterocycles. The fraction of sp³-hybridized carbons (Fsp3) is 0.667. The zero-order valence-electron chi connectivity index (χ0n) is 20.2. The van der Waals surface area contributed by atoms with Crippen LogP contribution in [0.15, 0.2) is 35.9 Å². The van der Waals surface area contributed by atoms with E-state index >= 15 is 0 Å². The van der Waals surface area contributed by atoms with Crippen LogP contribution in [-0.2, 0) is 16.0 Å². The average Bonchev–Trinajstić information content (AvgIpc) is 3.25. The van der Waals surface area contributed by atoms with Crippen molar-refractivity contribution >= 4 is 11.6 Å². The highest BCUT2D eigenvalue weighted by Crippen LogP contribution is 2.59. The van der Waals surface area contributed by atoms with Gasteiger partial charge in [0.1, 0.15) is 0 Å². The monoisotopic (exact) mass is 453 g/mol. The summed E-state index contributed by atoms with van der Waals surface area (Å²) in [6, 6.07) is 8.22. The van der Waals surface area contributed by atoms with E-state index in [4.69, 9.17) is 4.74 Å². The van der Waals surface area contributed by atoms with Crippen molar-refractivity contribution in [3.05, 3.63) is 41.5 Å². The topological polar surface area (TPSA) is 56.3 Å². The number of β-amino-alcohol motifs (C(OH)–C–C–N with tert-alkyl or cyclic N) is 1. The van der Waals surface area contributed by atoms with E-state index in [1.165, 1.54) is 24.0 Å². The van der Waals surface area contributed by atoms with Crippen LogP contribution in [0.3, 0.4) is 0 Å². The zero-order chi connectivity index (χ0) is 23.0. The molecule has 1 amide bonds. The largest absolute Gasteiger partial charge is 0.389 e. The molecule has 3 atom stereocenters. The molecule has 2 heterocycles. The molecule has 0 aromatic heterocycles. The van der Waals surface area contributed by atoms with Gasteiger partial charge < -0.3 is 14.7 Å². The number of allylic oxidation sites excluding steroid dienone is 1. The van der Waals surface area contributed by atoms with Crippen molar-refractivity contribution in [2.45, 2.75) is 39.2 Å². The molecule has 5 aliphatic rings. The van der Waals surface area contributed by atoms with E-state index in [1.807, 2.05) is 17.0 Å². The van der Waals surface area contributed by atoms with E-state index in [2.05, 4.69) is 41.9 Å². The second-order valence-corrected chi connectivity index (χ2v) is 11.0. The first kappa shape index (κ1) is 23.0. The maximum absolute atomic E-state index is 12.9. The molecular weight excluding hydrogens is 414 g/mol. The van der Waals surface area contributed by atoms with Gasteiger partial charge in [0, 0.05) is 45.0 Å². The second-order valence-electron chi connectivity index (χ2n) is 11.0. The van der Waals surface area contributed by atoms with Crippen molar-refractivity contribution in [2.75, 3.05) is 63.9 Å². The number of ether oxygens (including phenoxy) is 1. The molecule has 180 valence electrons. The number of para-hydroxylation sites is 1. The standard InChI is InChI=1S/C27H39N3O3/c1-27(2)22-8-7-21(24(27)15-22)18-33-19-23(31)16-28-11-13-29(14-12-28)17-26(32)30-10-9-20-5-3-4-6-25(20)30/h3-7,22-24,31H,8-19H2,1-2H3. The SMILES string of the molecule is CC1(C)C2CC=C(COCC(O)CN3CCN(CC(=O)N4CCc5ccccc54)CC3)C1C2. The molecule has 6 rings (SSSR count). The van der Waals surface area contributed by atoms with Gasteiger partial charge in [-0.15, -0.1) is 0 Å². The van der Waals surface area contributed by atoms with E-state index in [9.17, 15) is 9.90 Å². The van der Waals surface area contributed by atoms with Crippen LogP contribution >= 0.6 is 0 Å². The predicted molar refractivity (Wildman–Crippen MR) is 130 cm³/mol. The fourth-order valence-corrected chi connectivity index (χ4v) is 6.31. The third kappa shape index (κ3) is 4.76. The maximum Gasteiger partial charge on any atom is 0.241 e. The Kier molecular flexibility index (Phi) is 6.62. The van der Waals surface area contributed by atoms with Gasteiger partial charge in [-0.05, 0) is 53.7 Å². The van der Waals surface area contributed by atoms with E-state index in [0.717, 1.165) is 50.7 Å². The number of piperazine rings is 1. The molecule has 6 nitrogen and oxygen atoms in total. The van der Waals surface area contributed by atoms with E-state index in [0.29, 0.717) is 37.6 Å². The van der Waals surface area contributed by atoms with Crippen LogP contribution in [0.5, 0.6) is 0 Å². The number of anilines is 1. The van der Waals surface area contributed by atoms with Gasteiger partial charge >= 0.3 is 0 Å². The van der Waals surface area contributed by atoms with Crippen LogP contribution in [-0.4, -0.2) is 85.9 Å². The minimum Gasteiger partial charge on any atom is -0.389 e. The lowest BCUT2D eigenvalue weighted by Gasteiger charge is -2.56. The summed E-state index contributed by atoms with van der Waals surface area (Å²) in [5.41, 5.74) is 4.21. The minimum absolute atomic E-state index is 0.194. The summed E-state index contributed by atoms with van der Waals surface area (Å²) < 4.78 is 5.92. The number of carbonyl (C=O) groups excluding carboxylic acids is 1. The van der Waals surface area contributed by atoms with Crippen LogP contribution in [0.4, 0.5) is 5.69 Å². The normalized spacial score (nSPS) is 27.6. The number of amides is 1. The number of rotatable bonds is 8. The fourth-order valence-electron chi connectivity index (χ4n) is 6.31. The lowest BCUT2D eigenvalue weighted by Crippen LogP contribution is -2.51. The summed E-state index contributed by atoms with van der Waals surface area (Å²) in [6.45, 7) is 11.2. The van der Waals surface area contributed by atoms with E-state index in [-0.39, 0.29) is 5.91 Å². The quantitative estimate of drug-likeness (QED) is 0.613. The molecule has 2 bridgehead atoms. The highest BCUT2D eigenvalue weighted by atomic mass is 16.5. The molecule has 33 heavy (non-hydrogen) atoms. The highest BCUT2D eigenvalue weighted by Gasteiger charge is 2.51. The number of aliphatic hydroxyl groups is 1. The predicted octanol–water partition coefficient (Wildman–Crippen LogP) is 2.56. The molecule has 3 aliphatic carbocycles. The van der Waals surface area contributed by atoms with Crippen molar-refractivity contribution in [3.63, 3.8) is 0 Å². The van der Waals surface area contributed by atoms with Crippen molar-refractivity contribution in [2.24, 2.45) is 17.3 Å². The number of benzene rings is 1. The first-order chi connectivity index (χ1) is 15.9. The Hall–Kier alpha value is -1.73. The number of nitrogens with zero attached hydrogens (tertiary/aromatic N) is 3. The summed E-state index contributed by atoms with van der Waals surface area (Å²) in [4.78, 5) is 19.3. The Morgan fingerprint density at radius 3 is 2.67 bits per heavy atom. The van der Waals surface area contributed by atoms with Crippen molar-refractivity contribution in [1.82, 2.24) is 9.80 Å². The van der Waals surface area contributed by atoms with E-state index in [1.54, 1.807) is 0 Å². The van der Waals surface area contributed by atoms with Crippen LogP contribution in [0.1, 0.15) is 32.3 Å². The summed E-state index contributed by atoms with van der Waals surface area (Å²) in [5.74, 6) is 1.70. The Morgan fingerprint density at radius 2 is 1.91 bits per heavy atom. The summed E-state index contributed by atoms with van der Waals surface area (Å²) >= 11 is 0. The smallest absolute Gasteiger partial charge is 0.241 e. The van der Waals surface area contributed by atoms with Gasteiger partial charge in [-0.2, -0.15) is 0 Å². The van der Waals surface area contributed by atoms with Gasteiger partial charge in [-0.1, -0.05) is 38.1 Å². The van der Waals surface area contributed by atoms with Gasteiger partial charge in [0.25, 0.3) is 0 Å². The Morgan fingerprint density at radius 1 is 1.15 bits per heavy atom. The van der Waals surface area contributed by atoms with Gasteiger partial charge in [-0.3, -0.25) is 14.6 Å². The molecule has 6 heteroatoms. The van der Waals surface area contributed by atoms with Gasteiger partial charge in [0.15, 0.2) is 0 Å². The molecule has 0 radical (unpaired) electrons. The molecule has 1 saturated heterocycles. The van der Waals surface area contributed by atoms with Crippen LogP contribution in [0.2, 0.25) is 0 Å². The van der Waals surface area contributed by atoms with Crippen molar-refractivity contribution < 1.29 is 14.6 Å². The maximum atomic E-state index is 12.9. The van der Waals surface area contributed by atoms with Crippen LogP contribution in [0, 0.1) is 17.3 Å². The van der Waals surface area contributed by atoms with Crippen molar-refractivity contribution in [1.29, 1.82) is 0 Å². The number of carbonyl (C=O) groups is 1. The minimum atomic E-state index is -0.467. The summed E-state index contributed by atoms with van der Waals surface area (Å²) in [5, 5.41) is 10.5. The van der Waals surface area contributed by atoms with Crippen LogP contribution < -0.4 is 4.90 Å². The zero-order valence-corrected chi connectivity index (χ0v) is 20.2. The molecule has 1 aromatic carbocycles. The van der Waals surface area contributed by atoms with Gasteiger partial charge in [0.05, 0.1) is 25.9 Å². The number of hydrogen-bond donors (Lipinski definition) is 1. The first-order valence-corrected chi connectivity index (χ1v) is 12.7. The molecule has 1 saturated carbocycles.